The molecule has 5 nitrogen and oxygen atoms in total. The molecule has 132 valence electrons. The minimum absolute atomic E-state index is 0.0337. The molecule has 24 heavy (non-hydrogen) atoms. The molecule has 5 heteroatoms. The summed E-state index contributed by atoms with van der Waals surface area (Å²) in [6.45, 7) is 10.9. The van der Waals surface area contributed by atoms with Crippen molar-refractivity contribution in [3.05, 3.63) is 29.8 Å². The highest BCUT2D eigenvalue weighted by Crippen LogP contribution is 2.28. The average Bonchev–Trinajstić information content (AvgIpc) is 2.96. The Kier molecular flexibility index (Phi) is 4.83. The summed E-state index contributed by atoms with van der Waals surface area (Å²) in [5.41, 5.74) is 0.987. The predicted octanol–water partition coefficient (Wildman–Crippen LogP) is 1.99. The Morgan fingerprint density at radius 3 is 2.58 bits per heavy atom. The van der Waals surface area contributed by atoms with Crippen molar-refractivity contribution in [2.24, 2.45) is 0 Å². The lowest BCUT2D eigenvalue weighted by Gasteiger charge is -2.45. The molecule has 1 saturated heterocycles. The van der Waals surface area contributed by atoms with E-state index >= 15 is 0 Å². The van der Waals surface area contributed by atoms with Gasteiger partial charge in [0.1, 0.15) is 5.75 Å². The summed E-state index contributed by atoms with van der Waals surface area (Å²) in [6, 6.07) is 7.85. The summed E-state index contributed by atoms with van der Waals surface area (Å²) in [4.78, 5) is 14.9. The quantitative estimate of drug-likeness (QED) is 0.916. The van der Waals surface area contributed by atoms with E-state index < -0.39 is 6.10 Å². The van der Waals surface area contributed by atoms with Gasteiger partial charge < -0.3 is 14.8 Å². The molecule has 0 saturated carbocycles. The highest BCUT2D eigenvalue weighted by atomic mass is 16.5. The predicted molar refractivity (Wildman–Crippen MR) is 93.2 cm³/mol. The summed E-state index contributed by atoms with van der Waals surface area (Å²) in [7, 11) is 0. The second-order valence-corrected chi connectivity index (χ2v) is 7.61. The number of carbonyl (C=O) groups excluding carboxylic acids is 1. The van der Waals surface area contributed by atoms with Crippen LogP contribution in [0.5, 0.6) is 5.75 Å². The van der Waals surface area contributed by atoms with Gasteiger partial charge in [0.25, 0.3) is 5.91 Å². The number of ether oxygens (including phenoxy) is 2. The first-order valence-electron chi connectivity index (χ1n) is 8.78. The van der Waals surface area contributed by atoms with Gasteiger partial charge in [0.2, 0.25) is 0 Å². The first-order valence-corrected chi connectivity index (χ1v) is 8.78. The molecule has 3 rings (SSSR count). The molecule has 0 radical (unpaired) electrons. The summed E-state index contributed by atoms with van der Waals surface area (Å²) in [5.74, 6) is 0.793. The number of morpholine rings is 1. The highest BCUT2D eigenvalue weighted by Gasteiger charge is 2.35. The molecule has 0 bridgehead atoms. The molecule has 0 unspecified atom stereocenters. The van der Waals surface area contributed by atoms with Crippen LogP contribution in [0.1, 0.15) is 33.3 Å². The number of amides is 1. The van der Waals surface area contributed by atoms with Crippen molar-refractivity contribution < 1.29 is 14.3 Å². The van der Waals surface area contributed by atoms with E-state index in [-0.39, 0.29) is 23.7 Å². The lowest BCUT2D eigenvalue weighted by atomic mass is 10.00. The monoisotopic (exact) mass is 332 g/mol. The number of benzene rings is 1. The number of hydrogen-bond donors (Lipinski definition) is 1. The number of nitrogens with one attached hydrogen (secondary N) is 1. The molecule has 2 aliphatic rings. The van der Waals surface area contributed by atoms with Crippen molar-refractivity contribution >= 4 is 5.91 Å². The Labute approximate surface area is 144 Å². The van der Waals surface area contributed by atoms with Crippen LogP contribution in [0, 0.1) is 0 Å². The van der Waals surface area contributed by atoms with E-state index in [1.165, 1.54) is 0 Å². The van der Waals surface area contributed by atoms with Crippen molar-refractivity contribution in [1.29, 1.82) is 0 Å². The molecule has 0 aliphatic carbocycles. The third-order valence-electron chi connectivity index (χ3n) is 4.91. The Bertz CT molecular complexity index is 567. The fourth-order valence-electron chi connectivity index (χ4n) is 3.53. The molecule has 2 aliphatic heterocycles. The van der Waals surface area contributed by atoms with Crippen molar-refractivity contribution in [1.82, 2.24) is 10.2 Å². The molecule has 3 atom stereocenters. The van der Waals surface area contributed by atoms with Gasteiger partial charge in [-0.1, -0.05) is 18.2 Å². The summed E-state index contributed by atoms with van der Waals surface area (Å²) in [6.07, 6.45) is 0.669. The van der Waals surface area contributed by atoms with E-state index in [1.54, 1.807) is 0 Å². The molecule has 1 amide bonds. The number of carbonyl (C=O) groups is 1. The number of fused-ring (bicyclic) bond motifs is 1. The van der Waals surface area contributed by atoms with Crippen molar-refractivity contribution in [3.8, 4) is 5.75 Å². The van der Waals surface area contributed by atoms with Gasteiger partial charge in [-0.15, -0.1) is 0 Å². The average molecular weight is 332 g/mol. The Hall–Kier alpha value is -1.59. The zero-order chi connectivity index (χ0) is 17.3. The lowest BCUT2D eigenvalue weighted by molar-refractivity contribution is -0.128. The van der Waals surface area contributed by atoms with Crippen molar-refractivity contribution in [3.63, 3.8) is 0 Å². The fraction of sp³-hybridized carbons (Fsp3) is 0.632. The van der Waals surface area contributed by atoms with Gasteiger partial charge >= 0.3 is 0 Å². The van der Waals surface area contributed by atoms with Crippen LogP contribution >= 0.6 is 0 Å². The fourth-order valence-corrected chi connectivity index (χ4v) is 3.53. The van der Waals surface area contributed by atoms with E-state index in [2.05, 4.69) is 37.9 Å². The molecular weight excluding hydrogens is 304 g/mol. The molecule has 0 aromatic heterocycles. The van der Waals surface area contributed by atoms with Crippen LogP contribution in [0.15, 0.2) is 24.3 Å². The largest absolute Gasteiger partial charge is 0.480 e. The van der Waals surface area contributed by atoms with Crippen LogP contribution < -0.4 is 10.1 Å². The van der Waals surface area contributed by atoms with E-state index in [0.717, 1.165) is 24.4 Å². The van der Waals surface area contributed by atoms with Gasteiger partial charge in [-0.2, -0.15) is 0 Å². The number of hydrogen-bond acceptors (Lipinski definition) is 4. The number of nitrogens with zero attached hydrogens (tertiary/aromatic N) is 1. The van der Waals surface area contributed by atoms with Crippen LogP contribution in [0.2, 0.25) is 0 Å². The molecule has 1 aromatic rings. The van der Waals surface area contributed by atoms with E-state index in [1.807, 2.05) is 24.3 Å². The summed E-state index contributed by atoms with van der Waals surface area (Å²) >= 11 is 0. The van der Waals surface area contributed by atoms with E-state index in [0.29, 0.717) is 13.0 Å². The maximum Gasteiger partial charge on any atom is 0.261 e. The van der Waals surface area contributed by atoms with Gasteiger partial charge in [0.15, 0.2) is 6.10 Å². The van der Waals surface area contributed by atoms with E-state index in [4.69, 9.17) is 9.47 Å². The van der Waals surface area contributed by atoms with Gasteiger partial charge in [0.05, 0.1) is 12.2 Å². The van der Waals surface area contributed by atoms with Crippen LogP contribution in [0.4, 0.5) is 0 Å². The smallest absolute Gasteiger partial charge is 0.261 e. The van der Waals surface area contributed by atoms with Crippen LogP contribution in [-0.2, 0) is 16.0 Å². The second kappa shape index (κ2) is 6.73. The van der Waals surface area contributed by atoms with Crippen LogP contribution in [-0.4, -0.2) is 54.3 Å². The zero-order valence-electron chi connectivity index (χ0n) is 15.0. The normalized spacial score (nSPS) is 27.4. The first-order chi connectivity index (χ1) is 11.3. The first kappa shape index (κ1) is 17.2. The molecule has 1 aromatic carbocycles. The molecule has 1 N–H and O–H groups in total. The number of para-hydroxylation sites is 1. The number of rotatable bonds is 4. The van der Waals surface area contributed by atoms with Crippen LogP contribution in [0.3, 0.4) is 0 Å². The Morgan fingerprint density at radius 1 is 1.25 bits per heavy atom. The summed E-state index contributed by atoms with van der Waals surface area (Å²) < 4.78 is 11.6. The molecule has 1 fully saturated rings. The lowest BCUT2D eigenvalue weighted by Crippen LogP contribution is -2.59. The SMILES string of the molecule is C[C@@H]1CN(C(C)(C)CNC(=O)[C@H]2Cc3ccccc3O2)C[C@@H](C)O1. The maximum absolute atomic E-state index is 12.5. The van der Waals surface area contributed by atoms with Gasteiger partial charge in [-0.05, 0) is 39.3 Å². The Balaban J connectivity index is 1.54. The van der Waals surface area contributed by atoms with Gasteiger partial charge in [-0.25, -0.2) is 0 Å². The highest BCUT2D eigenvalue weighted by molar-refractivity contribution is 5.82. The molecular formula is C19H28N2O3. The zero-order valence-corrected chi connectivity index (χ0v) is 15.0. The standard InChI is InChI=1S/C19H28N2O3/c1-13-10-21(11-14(2)23-13)19(3,4)12-20-18(22)17-9-15-7-5-6-8-16(15)24-17/h5-8,13-14,17H,9-12H2,1-4H3,(H,20,22)/t13-,14-,17-/m1/s1. The maximum atomic E-state index is 12.5. The van der Waals surface area contributed by atoms with E-state index in [9.17, 15) is 4.79 Å². The summed E-state index contributed by atoms with van der Waals surface area (Å²) in [5, 5.41) is 3.08. The Morgan fingerprint density at radius 2 is 1.92 bits per heavy atom. The van der Waals surface area contributed by atoms with Crippen LogP contribution in [0.25, 0.3) is 0 Å². The van der Waals surface area contributed by atoms with Gasteiger partial charge in [0, 0.05) is 31.6 Å². The molecule has 0 spiro atoms. The third-order valence-corrected chi connectivity index (χ3v) is 4.91. The minimum Gasteiger partial charge on any atom is -0.480 e. The minimum atomic E-state index is -0.416. The third kappa shape index (κ3) is 3.73. The van der Waals surface area contributed by atoms with Crippen molar-refractivity contribution in [2.75, 3.05) is 19.6 Å². The van der Waals surface area contributed by atoms with Crippen molar-refractivity contribution in [2.45, 2.75) is 58.0 Å². The topological polar surface area (TPSA) is 50.8 Å². The second-order valence-electron chi connectivity index (χ2n) is 7.61. The molecule has 2 heterocycles. The van der Waals surface area contributed by atoms with Gasteiger partial charge in [-0.3, -0.25) is 9.69 Å².